The van der Waals surface area contributed by atoms with E-state index in [-0.39, 0.29) is 5.17 Å². The number of H-pyrrole nitrogens is 1. The van der Waals surface area contributed by atoms with Crippen molar-refractivity contribution in [3.8, 4) is 11.5 Å². The first-order valence-corrected chi connectivity index (χ1v) is 7.69. The number of benzene rings is 1. The van der Waals surface area contributed by atoms with Crippen molar-refractivity contribution < 1.29 is 0 Å². The van der Waals surface area contributed by atoms with E-state index in [0.29, 0.717) is 0 Å². The molecule has 0 spiro atoms. The predicted molar refractivity (Wildman–Crippen MR) is 89.3 cm³/mol. The van der Waals surface area contributed by atoms with Gasteiger partial charge in [-0.25, -0.2) is 9.98 Å². The van der Waals surface area contributed by atoms with E-state index < -0.39 is 0 Å². The van der Waals surface area contributed by atoms with Gasteiger partial charge in [-0.3, -0.25) is 5.41 Å². The van der Waals surface area contributed by atoms with E-state index >= 15 is 0 Å². The van der Waals surface area contributed by atoms with Gasteiger partial charge in [0.15, 0.2) is 11.0 Å². The summed E-state index contributed by atoms with van der Waals surface area (Å²) in [5, 5.41) is 7.79. The van der Waals surface area contributed by atoms with Crippen LogP contribution in [0.5, 0.6) is 0 Å². The van der Waals surface area contributed by atoms with E-state index in [1.54, 1.807) is 6.21 Å². The van der Waals surface area contributed by atoms with Gasteiger partial charge in [-0.05, 0) is 30.5 Å². The second kappa shape index (κ2) is 5.57. The van der Waals surface area contributed by atoms with E-state index in [0.717, 1.165) is 28.2 Å². The maximum atomic E-state index is 7.50. The molecule has 0 radical (unpaired) electrons. The fourth-order valence-corrected chi connectivity index (χ4v) is 2.34. The Bertz CT molecular complexity index is 828. The summed E-state index contributed by atoms with van der Waals surface area (Å²) in [6, 6.07) is 12.0. The van der Waals surface area contributed by atoms with Crippen LogP contribution in [0.25, 0.3) is 22.6 Å². The normalized spacial score (nSPS) is 11.5. The molecule has 0 amide bonds. The van der Waals surface area contributed by atoms with Crippen molar-refractivity contribution in [1.29, 1.82) is 5.41 Å². The van der Waals surface area contributed by atoms with E-state index in [4.69, 9.17) is 5.41 Å². The number of thioether (sulfide) groups is 1. The molecule has 0 fully saturated rings. The van der Waals surface area contributed by atoms with Crippen molar-refractivity contribution in [3.63, 3.8) is 0 Å². The van der Waals surface area contributed by atoms with Crippen LogP contribution in [0.1, 0.15) is 5.69 Å². The monoisotopic (exact) mass is 297 g/mol. The minimum Gasteiger partial charge on any atom is -0.351 e. The van der Waals surface area contributed by atoms with Crippen LogP contribution in [0, 0.1) is 5.41 Å². The second-order valence-corrected chi connectivity index (χ2v) is 5.37. The number of nitrogens with zero attached hydrogens (tertiary/aromatic N) is 3. The summed E-state index contributed by atoms with van der Waals surface area (Å²) in [5.74, 6) is 0.885. The Labute approximate surface area is 126 Å². The quantitative estimate of drug-likeness (QED) is 0.563. The van der Waals surface area contributed by atoms with Gasteiger partial charge in [0.2, 0.25) is 0 Å². The topological polar surface area (TPSA) is 69.8 Å². The summed E-state index contributed by atoms with van der Waals surface area (Å²) in [5.41, 5.74) is 3.87. The molecule has 2 aromatic heterocycles. The Hall–Kier alpha value is -2.34. The molecular weight excluding hydrogens is 282 g/mol. The molecule has 0 aliphatic rings. The molecule has 0 saturated heterocycles. The van der Waals surface area contributed by atoms with Crippen molar-refractivity contribution >= 4 is 34.2 Å². The molecular formula is C15H15N5S. The van der Waals surface area contributed by atoms with Crippen LogP contribution in [0.15, 0.2) is 41.4 Å². The number of aryl methyl sites for hydroxylation is 1. The van der Waals surface area contributed by atoms with Crippen LogP contribution >= 0.6 is 11.8 Å². The van der Waals surface area contributed by atoms with Gasteiger partial charge in [-0.1, -0.05) is 23.9 Å². The number of aromatic nitrogens is 3. The lowest BCUT2D eigenvalue weighted by Crippen LogP contribution is -1.93. The molecule has 0 aliphatic carbocycles. The summed E-state index contributed by atoms with van der Waals surface area (Å²) < 4.78 is 2.06. The SMILES string of the molecule is CSC(=N)N=Cc1ccc(-c2nc3ccccc3n2C)[nH]1. The second-order valence-electron chi connectivity index (χ2n) is 4.58. The third-order valence-corrected chi connectivity index (χ3v) is 3.74. The summed E-state index contributed by atoms with van der Waals surface area (Å²) in [6.07, 6.45) is 3.49. The Balaban J connectivity index is 1.96. The molecule has 2 heterocycles. The molecule has 0 bridgehead atoms. The highest BCUT2D eigenvalue weighted by molar-refractivity contribution is 8.13. The third kappa shape index (κ3) is 2.62. The van der Waals surface area contributed by atoms with Crippen LogP contribution < -0.4 is 0 Å². The average Bonchev–Trinajstić information content (AvgIpc) is 3.10. The van der Waals surface area contributed by atoms with E-state index in [9.17, 15) is 0 Å². The molecule has 2 N–H and O–H groups in total. The first-order chi connectivity index (χ1) is 10.2. The predicted octanol–water partition coefficient (Wildman–Crippen LogP) is 3.29. The van der Waals surface area contributed by atoms with Gasteiger partial charge in [0.25, 0.3) is 0 Å². The zero-order valence-corrected chi connectivity index (χ0v) is 12.6. The van der Waals surface area contributed by atoms with Crippen LogP contribution in [-0.4, -0.2) is 32.2 Å². The molecule has 1 aromatic carbocycles. The number of fused-ring (bicyclic) bond motifs is 1. The molecule has 0 atom stereocenters. The smallest absolute Gasteiger partial charge is 0.179 e. The number of nitrogens with one attached hydrogen (secondary N) is 2. The van der Waals surface area contributed by atoms with Crippen LogP contribution in [0.3, 0.4) is 0 Å². The Morgan fingerprint density at radius 2 is 2.14 bits per heavy atom. The molecule has 106 valence electrons. The lowest BCUT2D eigenvalue weighted by atomic mass is 10.3. The van der Waals surface area contributed by atoms with Crippen molar-refractivity contribution in [2.45, 2.75) is 0 Å². The van der Waals surface area contributed by atoms with Gasteiger partial charge in [-0.15, -0.1) is 0 Å². The molecule has 21 heavy (non-hydrogen) atoms. The third-order valence-electron chi connectivity index (χ3n) is 3.25. The van der Waals surface area contributed by atoms with E-state index in [1.165, 1.54) is 11.8 Å². The minimum atomic E-state index is 0.286. The lowest BCUT2D eigenvalue weighted by Gasteiger charge is -1.99. The number of rotatable bonds is 2. The fourth-order valence-electron chi connectivity index (χ4n) is 2.18. The van der Waals surface area contributed by atoms with Gasteiger partial charge in [-0.2, -0.15) is 0 Å². The van der Waals surface area contributed by atoms with Crippen LogP contribution in [-0.2, 0) is 7.05 Å². The van der Waals surface area contributed by atoms with Gasteiger partial charge < -0.3 is 9.55 Å². The number of amidine groups is 1. The molecule has 3 rings (SSSR count). The zero-order chi connectivity index (χ0) is 14.8. The summed E-state index contributed by atoms with van der Waals surface area (Å²) in [4.78, 5) is 12.0. The Morgan fingerprint density at radius 1 is 1.33 bits per heavy atom. The first kappa shape index (κ1) is 13.6. The largest absolute Gasteiger partial charge is 0.351 e. The number of para-hydroxylation sites is 2. The van der Waals surface area contributed by atoms with Crippen molar-refractivity contribution in [2.24, 2.45) is 12.0 Å². The number of hydrogen-bond acceptors (Lipinski definition) is 3. The van der Waals surface area contributed by atoms with Crippen LogP contribution in [0.4, 0.5) is 0 Å². The van der Waals surface area contributed by atoms with Gasteiger partial charge >= 0.3 is 0 Å². The number of aliphatic imine (C=N–C) groups is 1. The molecule has 5 nitrogen and oxygen atoms in total. The maximum Gasteiger partial charge on any atom is 0.179 e. The number of imidazole rings is 1. The minimum absolute atomic E-state index is 0.286. The van der Waals surface area contributed by atoms with Gasteiger partial charge in [0.05, 0.1) is 28.6 Å². The van der Waals surface area contributed by atoms with Crippen LogP contribution in [0.2, 0.25) is 0 Å². The number of hydrogen-bond donors (Lipinski definition) is 2. The Kier molecular flexibility index (Phi) is 3.62. The Morgan fingerprint density at radius 3 is 2.90 bits per heavy atom. The molecule has 6 heteroatoms. The van der Waals surface area contributed by atoms with Crippen molar-refractivity contribution in [1.82, 2.24) is 14.5 Å². The molecule has 3 aromatic rings. The first-order valence-electron chi connectivity index (χ1n) is 6.46. The van der Waals surface area contributed by atoms with Gasteiger partial charge in [0.1, 0.15) is 0 Å². The van der Waals surface area contributed by atoms with Gasteiger partial charge in [0, 0.05) is 7.05 Å². The number of aromatic amines is 1. The highest BCUT2D eigenvalue weighted by atomic mass is 32.2. The van der Waals surface area contributed by atoms with E-state index in [1.807, 2.05) is 43.6 Å². The summed E-state index contributed by atoms with van der Waals surface area (Å²) in [6.45, 7) is 0. The molecule has 0 unspecified atom stereocenters. The maximum absolute atomic E-state index is 7.50. The molecule has 0 saturated carbocycles. The highest BCUT2D eigenvalue weighted by Crippen LogP contribution is 2.22. The average molecular weight is 297 g/mol. The highest BCUT2D eigenvalue weighted by Gasteiger charge is 2.10. The van der Waals surface area contributed by atoms with Crippen molar-refractivity contribution in [3.05, 3.63) is 42.1 Å². The van der Waals surface area contributed by atoms with E-state index in [2.05, 4.69) is 25.6 Å². The summed E-state index contributed by atoms with van der Waals surface area (Å²) in [7, 11) is 2.00. The lowest BCUT2D eigenvalue weighted by molar-refractivity contribution is 0.953. The zero-order valence-electron chi connectivity index (χ0n) is 11.8. The fraction of sp³-hybridized carbons (Fsp3) is 0.133. The standard InChI is InChI=1S/C15H15N5S/c1-20-13-6-4-3-5-11(13)19-14(20)12-8-7-10(18-12)9-17-15(16)21-2/h3-9,16,18H,1-2H3. The van der Waals surface area contributed by atoms with Crippen molar-refractivity contribution in [2.75, 3.05) is 6.26 Å². The molecule has 0 aliphatic heterocycles. The summed E-state index contributed by atoms with van der Waals surface area (Å²) >= 11 is 1.31.